The molecule has 0 saturated heterocycles. The number of aromatic nitrogens is 2. The Morgan fingerprint density at radius 2 is 1.73 bits per heavy atom. The summed E-state index contributed by atoms with van der Waals surface area (Å²) in [5.41, 5.74) is 4.06. The van der Waals surface area contributed by atoms with Gasteiger partial charge in [0.25, 0.3) is 5.56 Å². The van der Waals surface area contributed by atoms with Crippen LogP contribution >= 0.6 is 15.9 Å². The first-order chi connectivity index (χ1) is 12.6. The van der Waals surface area contributed by atoms with Crippen LogP contribution in [0.3, 0.4) is 0 Å². The molecule has 0 radical (unpaired) electrons. The van der Waals surface area contributed by atoms with Crippen LogP contribution in [0.4, 0.5) is 4.39 Å². The van der Waals surface area contributed by atoms with Gasteiger partial charge in [0.2, 0.25) is 0 Å². The summed E-state index contributed by atoms with van der Waals surface area (Å²) < 4.78 is 20.2. The zero-order chi connectivity index (χ0) is 18.3. The SMILES string of the molecule is Cn1c(-c2ccc(CBr)cc2)cc2onc(-c3ccc(F)cc3)c2c1=O. The predicted molar refractivity (Wildman–Crippen MR) is 103 cm³/mol. The van der Waals surface area contributed by atoms with Crippen molar-refractivity contribution in [2.24, 2.45) is 7.05 Å². The van der Waals surface area contributed by atoms with Crippen LogP contribution in [0, 0.1) is 5.82 Å². The lowest BCUT2D eigenvalue weighted by Gasteiger charge is -2.09. The van der Waals surface area contributed by atoms with Gasteiger partial charge in [0.15, 0.2) is 5.58 Å². The number of pyridine rings is 1. The third-order valence-electron chi connectivity index (χ3n) is 4.39. The molecule has 0 spiro atoms. The van der Waals surface area contributed by atoms with Crippen molar-refractivity contribution in [3.05, 3.63) is 76.3 Å². The Morgan fingerprint density at radius 3 is 2.38 bits per heavy atom. The smallest absolute Gasteiger partial charge is 0.264 e. The number of hydrogen-bond acceptors (Lipinski definition) is 3. The normalized spacial score (nSPS) is 11.2. The molecule has 130 valence electrons. The maximum atomic E-state index is 13.2. The third kappa shape index (κ3) is 2.76. The van der Waals surface area contributed by atoms with Crippen LogP contribution in [-0.4, -0.2) is 9.72 Å². The number of halogens is 2. The number of hydrogen-bond donors (Lipinski definition) is 0. The monoisotopic (exact) mass is 412 g/mol. The molecule has 0 saturated carbocycles. The fourth-order valence-electron chi connectivity index (χ4n) is 2.95. The van der Waals surface area contributed by atoms with Crippen molar-refractivity contribution in [3.63, 3.8) is 0 Å². The highest BCUT2D eigenvalue weighted by molar-refractivity contribution is 9.08. The van der Waals surface area contributed by atoms with E-state index in [-0.39, 0.29) is 11.4 Å². The van der Waals surface area contributed by atoms with Gasteiger partial charge in [-0.05, 0) is 35.4 Å². The van der Waals surface area contributed by atoms with Gasteiger partial charge in [-0.25, -0.2) is 4.39 Å². The molecule has 0 unspecified atom stereocenters. The highest BCUT2D eigenvalue weighted by Gasteiger charge is 2.18. The van der Waals surface area contributed by atoms with Crippen LogP contribution in [0.2, 0.25) is 0 Å². The van der Waals surface area contributed by atoms with E-state index in [0.717, 1.165) is 22.2 Å². The molecule has 0 fully saturated rings. The van der Waals surface area contributed by atoms with Crippen molar-refractivity contribution >= 4 is 26.9 Å². The largest absolute Gasteiger partial charge is 0.355 e. The van der Waals surface area contributed by atoms with Crippen LogP contribution in [0.1, 0.15) is 5.56 Å². The Hall–Kier alpha value is -2.73. The van der Waals surface area contributed by atoms with Gasteiger partial charge < -0.3 is 9.09 Å². The van der Waals surface area contributed by atoms with Crippen LogP contribution in [-0.2, 0) is 12.4 Å². The van der Waals surface area contributed by atoms with E-state index < -0.39 is 0 Å². The van der Waals surface area contributed by atoms with Gasteiger partial charge in [0, 0.05) is 24.0 Å². The number of alkyl halides is 1. The lowest BCUT2D eigenvalue weighted by Crippen LogP contribution is -2.18. The first-order valence-electron chi connectivity index (χ1n) is 7.99. The molecule has 26 heavy (non-hydrogen) atoms. The second-order valence-electron chi connectivity index (χ2n) is 6.00. The van der Waals surface area contributed by atoms with Gasteiger partial charge in [0.05, 0.1) is 5.69 Å². The van der Waals surface area contributed by atoms with Crippen LogP contribution < -0.4 is 5.56 Å². The molecule has 2 aromatic carbocycles. The first kappa shape index (κ1) is 16.7. The number of nitrogens with zero attached hydrogens (tertiary/aromatic N) is 2. The molecule has 0 aliphatic rings. The average Bonchev–Trinajstić information content (AvgIpc) is 3.09. The molecule has 0 amide bonds. The number of rotatable bonds is 3. The molecule has 0 aliphatic heterocycles. The van der Waals surface area contributed by atoms with Gasteiger partial charge in [-0.1, -0.05) is 45.4 Å². The van der Waals surface area contributed by atoms with Crippen molar-refractivity contribution in [3.8, 4) is 22.5 Å². The molecule has 0 bridgehead atoms. The van der Waals surface area contributed by atoms with Crippen molar-refractivity contribution in [2.75, 3.05) is 0 Å². The second-order valence-corrected chi connectivity index (χ2v) is 6.56. The van der Waals surface area contributed by atoms with Gasteiger partial charge in [-0.15, -0.1) is 0 Å². The molecular weight excluding hydrogens is 399 g/mol. The Labute approximate surface area is 157 Å². The summed E-state index contributed by atoms with van der Waals surface area (Å²) >= 11 is 3.42. The summed E-state index contributed by atoms with van der Waals surface area (Å²) in [7, 11) is 1.72. The number of benzene rings is 2. The van der Waals surface area contributed by atoms with Gasteiger partial charge in [-0.2, -0.15) is 0 Å². The number of fused-ring (bicyclic) bond motifs is 1. The molecule has 4 rings (SSSR count). The summed E-state index contributed by atoms with van der Waals surface area (Å²) in [5, 5.41) is 5.20. The first-order valence-corrected chi connectivity index (χ1v) is 9.11. The zero-order valence-corrected chi connectivity index (χ0v) is 15.5. The van der Waals surface area contributed by atoms with Crippen LogP contribution in [0.15, 0.2) is 63.9 Å². The van der Waals surface area contributed by atoms with E-state index in [1.165, 1.54) is 12.1 Å². The molecule has 0 aliphatic carbocycles. The lowest BCUT2D eigenvalue weighted by molar-refractivity contribution is 0.459. The minimum absolute atomic E-state index is 0.206. The maximum absolute atomic E-state index is 13.2. The van der Waals surface area contributed by atoms with E-state index in [9.17, 15) is 9.18 Å². The van der Waals surface area contributed by atoms with E-state index in [1.807, 2.05) is 24.3 Å². The summed E-state index contributed by atoms with van der Waals surface area (Å²) in [5.74, 6) is -0.344. The highest BCUT2D eigenvalue weighted by atomic mass is 79.9. The minimum atomic E-state index is -0.344. The zero-order valence-electron chi connectivity index (χ0n) is 13.9. The van der Waals surface area contributed by atoms with E-state index in [0.29, 0.717) is 22.2 Å². The van der Waals surface area contributed by atoms with Crippen molar-refractivity contribution in [1.29, 1.82) is 0 Å². The van der Waals surface area contributed by atoms with Crippen molar-refractivity contribution < 1.29 is 8.91 Å². The minimum Gasteiger partial charge on any atom is -0.355 e. The Morgan fingerprint density at radius 1 is 1.08 bits per heavy atom. The predicted octanol–water partition coefficient (Wildman–Crippen LogP) is 4.89. The molecular formula is C20H14BrFN2O2. The summed E-state index contributed by atoms with van der Waals surface area (Å²) in [6, 6.07) is 15.6. The van der Waals surface area contributed by atoms with Gasteiger partial charge in [0.1, 0.15) is 16.9 Å². The van der Waals surface area contributed by atoms with E-state index in [1.54, 1.807) is 29.8 Å². The maximum Gasteiger partial charge on any atom is 0.264 e. The Balaban J connectivity index is 1.90. The third-order valence-corrected chi connectivity index (χ3v) is 5.04. The van der Waals surface area contributed by atoms with Gasteiger partial charge in [-0.3, -0.25) is 4.79 Å². The topological polar surface area (TPSA) is 48.0 Å². The summed E-state index contributed by atoms with van der Waals surface area (Å²) in [6.45, 7) is 0. The molecule has 0 atom stereocenters. The fourth-order valence-corrected chi connectivity index (χ4v) is 3.33. The molecule has 4 nitrogen and oxygen atoms in total. The van der Waals surface area contributed by atoms with E-state index in [2.05, 4.69) is 21.1 Å². The molecule has 2 aromatic heterocycles. The standard InChI is InChI=1S/C20H14BrFN2O2/c1-24-16(13-4-2-12(11-21)3-5-13)10-17-18(20(24)25)19(23-26-17)14-6-8-15(22)9-7-14/h2-10H,11H2,1H3. The summed E-state index contributed by atoms with van der Waals surface area (Å²) in [4.78, 5) is 12.9. The van der Waals surface area contributed by atoms with Crippen LogP contribution in [0.25, 0.3) is 33.5 Å². The quantitative estimate of drug-likeness (QED) is 0.449. The molecule has 4 aromatic rings. The van der Waals surface area contributed by atoms with E-state index >= 15 is 0 Å². The average molecular weight is 413 g/mol. The lowest BCUT2D eigenvalue weighted by atomic mass is 10.1. The highest BCUT2D eigenvalue weighted by Crippen LogP contribution is 2.29. The molecule has 6 heteroatoms. The Kier molecular flexibility index (Phi) is 4.20. The second kappa shape index (κ2) is 6.53. The molecule has 2 heterocycles. The van der Waals surface area contributed by atoms with E-state index in [4.69, 9.17) is 4.52 Å². The van der Waals surface area contributed by atoms with Crippen molar-refractivity contribution in [2.45, 2.75) is 5.33 Å². The van der Waals surface area contributed by atoms with Crippen molar-refractivity contribution in [1.82, 2.24) is 9.72 Å². The summed E-state index contributed by atoms with van der Waals surface area (Å²) in [6.07, 6.45) is 0. The fraction of sp³-hybridized carbons (Fsp3) is 0.100. The van der Waals surface area contributed by atoms with Gasteiger partial charge >= 0.3 is 0 Å². The molecule has 0 N–H and O–H groups in total. The van der Waals surface area contributed by atoms with Crippen LogP contribution in [0.5, 0.6) is 0 Å². The Bertz CT molecular complexity index is 1150.